The van der Waals surface area contributed by atoms with Crippen molar-refractivity contribution in [3.8, 4) is 12.3 Å². The molecule has 2 rings (SSSR count). The Morgan fingerprint density at radius 3 is 2.37 bits per heavy atom. The quantitative estimate of drug-likeness (QED) is 0.638. The lowest BCUT2D eigenvalue weighted by Crippen LogP contribution is -2.41. The maximum absolute atomic E-state index is 5.95. The number of rotatable bonds is 2. The molecule has 4 nitrogen and oxygen atoms in total. The molecule has 1 aliphatic heterocycles. The third-order valence-electron chi connectivity index (χ3n) is 3.73. The summed E-state index contributed by atoms with van der Waals surface area (Å²) in [6.45, 7) is 8.01. The van der Waals surface area contributed by atoms with Gasteiger partial charge in [-0.1, -0.05) is 0 Å². The summed E-state index contributed by atoms with van der Waals surface area (Å²) in [6, 6.07) is 3.66. The van der Waals surface area contributed by atoms with E-state index in [1.54, 1.807) is 6.07 Å². The second-order valence-corrected chi connectivity index (χ2v) is 5.79. The van der Waals surface area contributed by atoms with Crippen molar-refractivity contribution in [3.63, 3.8) is 0 Å². The number of nitrogen functional groups attached to an aromatic ring is 1. The lowest BCUT2D eigenvalue weighted by molar-refractivity contribution is 0.00578. The average molecular weight is 258 g/mol. The summed E-state index contributed by atoms with van der Waals surface area (Å²) >= 11 is 0. The molecule has 2 N–H and O–H groups in total. The molecule has 1 aromatic rings. The Labute approximate surface area is 114 Å². The van der Waals surface area contributed by atoms with Crippen LogP contribution in [-0.4, -0.2) is 23.3 Å². The molecule has 0 aromatic carbocycles. The topological polar surface area (TPSA) is 57.4 Å². The zero-order valence-electron chi connectivity index (χ0n) is 11.9. The molecular weight excluding hydrogens is 239 g/mol. The van der Waals surface area contributed by atoms with Gasteiger partial charge in [0.25, 0.3) is 0 Å². The van der Waals surface area contributed by atoms with Crippen LogP contribution in [0.2, 0.25) is 0 Å². The van der Waals surface area contributed by atoms with Crippen LogP contribution in [0.5, 0.6) is 0 Å². The molecule has 0 atom stereocenters. The molecule has 1 fully saturated rings. The minimum atomic E-state index is -0.509. The molecule has 0 spiro atoms. The van der Waals surface area contributed by atoms with E-state index in [-0.39, 0.29) is 0 Å². The number of nitrogens with zero attached hydrogens (tertiary/aromatic N) is 1. The van der Waals surface area contributed by atoms with Crippen molar-refractivity contribution in [2.75, 3.05) is 5.73 Å². The highest BCUT2D eigenvalue weighted by atomic mass is 16.7. The normalized spacial score (nSPS) is 20.3. The minimum absolute atomic E-state index is 0.393. The predicted molar refractivity (Wildman–Crippen MR) is 76.9 cm³/mol. The van der Waals surface area contributed by atoms with Crippen molar-refractivity contribution in [2.45, 2.75) is 45.3 Å². The van der Waals surface area contributed by atoms with E-state index < -0.39 is 18.3 Å². The van der Waals surface area contributed by atoms with E-state index in [2.05, 4.69) is 10.9 Å². The molecule has 0 saturated carbocycles. The average Bonchev–Trinajstić information content (AvgIpc) is 2.48. The van der Waals surface area contributed by atoms with Gasteiger partial charge in [0, 0.05) is 6.42 Å². The van der Waals surface area contributed by atoms with Crippen molar-refractivity contribution in [1.82, 2.24) is 4.98 Å². The number of terminal acetylenes is 1. The zero-order valence-corrected chi connectivity index (χ0v) is 11.9. The molecule has 1 aliphatic rings. The fourth-order valence-electron chi connectivity index (χ4n) is 1.94. The third-order valence-corrected chi connectivity index (χ3v) is 3.73. The van der Waals surface area contributed by atoms with Crippen LogP contribution in [0.4, 0.5) is 5.82 Å². The number of aromatic nitrogens is 1. The maximum atomic E-state index is 5.95. The second-order valence-electron chi connectivity index (χ2n) is 5.79. The van der Waals surface area contributed by atoms with Gasteiger partial charge in [0.05, 0.1) is 16.8 Å². The Bertz CT molecular complexity index is 519. The monoisotopic (exact) mass is 258 g/mol. The van der Waals surface area contributed by atoms with Crippen LogP contribution in [0, 0.1) is 12.3 Å². The lowest BCUT2D eigenvalue weighted by atomic mass is 9.83. The SMILES string of the molecule is C#CCc1cc(N)nc(B2OC(C)(C)C(C)(C)O2)c1. The molecule has 5 heteroatoms. The third kappa shape index (κ3) is 2.60. The molecule has 0 bridgehead atoms. The van der Waals surface area contributed by atoms with Crippen molar-refractivity contribution in [2.24, 2.45) is 0 Å². The predicted octanol–water partition coefficient (Wildman–Crippen LogP) is 1.14. The van der Waals surface area contributed by atoms with E-state index in [9.17, 15) is 0 Å². The van der Waals surface area contributed by atoms with E-state index >= 15 is 0 Å². The molecule has 1 saturated heterocycles. The highest BCUT2D eigenvalue weighted by Crippen LogP contribution is 2.36. The van der Waals surface area contributed by atoms with Crippen LogP contribution in [0.1, 0.15) is 33.3 Å². The fraction of sp³-hybridized carbons (Fsp3) is 0.500. The summed E-state index contributed by atoms with van der Waals surface area (Å²) in [6.07, 6.45) is 5.84. The summed E-state index contributed by atoms with van der Waals surface area (Å²) in [5, 5.41) is 0. The number of hydrogen-bond donors (Lipinski definition) is 1. The standard InChI is InChI=1S/C14H19BN2O2/c1-6-7-10-8-11(17-12(16)9-10)15-18-13(2,3)14(4,5)19-15/h1,8-9H,7H2,2-5H3,(H2,16,17). The highest BCUT2D eigenvalue weighted by molar-refractivity contribution is 6.61. The molecular formula is C14H19BN2O2. The number of pyridine rings is 1. The second kappa shape index (κ2) is 4.55. The van der Waals surface area contributed by atoms with Crippen LogP contribution in [0.25, 0.3) is 0 Å². The zero-order chi connectivity index (χ0) is 14.3. The maximum Gasteiger partial charge on any atom is 0.514 e. The van der Waals surface area contributed by atoms with E-state index in [4.69, 9.17) is 21.5 Å². The Hall–Kier alpha value is -1.51. The van der Waals surface area contributed by atoms with Crippen LogP contribution in [0.15, 0.2) is 12.1 Å². The molecule has 0 aliphatic carbocycles. The molecule has 0 radical (unpaired) electrons. The number of hydrogen-bond acceptors (Lipinski definition) is 4. The minimum Gasteiger partial charge on any atom is -0.398 e. The van der Waals surface area contributed by atoms with E-state index in [0.717, 1.165) is 5.56 Å². The Balaban J connectivity index is 2.32. The number of anilines is 1. The van der Waals surface area contributed by atoms with Crippen LogP contribution in [0.3, 0.4) is 0 Å². The molecule has 2 heterocycles. The van der Waals surface area contributed by atoms with Crippen molar-refractivity contribution < 1.29 is 9.31 Å². The summed E-state index contributed by atoms with van der Waals surface area (Å²) in [5.41, 5.74) is 6.63. The van der Waals surface area contributed by atoms with Crippen LogP contribution in [-0.2, 0) is 15.7 Å². The van der Waals surface area contributed by atoms with Gasteiger partial charge in [0.1, 0.15) is 5.82 Å². The largest absolute Gasteiger partial charge is 0.514 e. The summed E-state index contributed by atoms with van der Waals surface area (Å²) in [5.74, 6) is 3.02. The van der Waals surface area contributed by atoms with Gasteiger partial charge in [-0.15, -0.1) is 12.3 Å². The van der Waals surface area contributed by atoms with E-state index in [1.807, 2.05) is 33.8 Å². The van der Waals surface area contributed by atoms with Crippen LogP contribution >= 0.6 is 0 Å². The Morgan fingerprint density at radius 1 is 1.26 bits per heavy atom. The number of nitrogens with two attached hydrogens (primary N) is 1. The highest BCUT2D eigenvalue weighted by Gasteiger charge is 2.52. The first-order valence-corrected chi connectivity index (χ1v) is 6.30. The summed E-state index contributed by atoms with van der Waals surface area (Å²) < 4.78 is 11.9. The fourth-order valence-corrected chi connectivity index (χ4v) is 1.94. The first-order chi connectivity index (χ1) is 8.75. The van der Waals surface area contributed by atoms with Gasteiger partial charge >= 0.3 is 7.12 Å². The van der Waals surface area contributed by atoms with Crippen LogP contribution < -0.4 is 11.3 Å². The van der Waals surface area contributed by atoms with Gasteiger partial charge in [0.15, 0.2) is 0 Å². The summed E-state index contributed by atoms with van der Waals surface area (Å²) in [4.78, 5) is 4.29. The molecule has 0 amide bonds. The van der Waals surface area contributed by atoms with Crippen molar-refractivity contribution in [1.29, 1.82) is 0 Å². The lowest BCUT2D eigenvalue weighted by Gasteiger charge is -2.32. The molecule has 0 unspecified atom stereocenters. The first-order valence-electron chi connectivity index (χ1n) is 6.30. The van der Waals surface area contributed by atoms with E-state index in [0.29, 0.717) is 17.8 Å². The van der Waals surface area contributed by atoms with Gasteiger partial charge in [-0.3, -0.25) is 0 Å². The Kier molecular flexibility index (Phi) is 3.33. The molecule has 1 aromatic heterocycles. The van der Waals surface area contributed by atoms with Crippen molar-refractivity contribution in [3.05, 3.63) is 17.7 Å². The summed E-state index contributed by atoms with van der Waals surface area (Å²) in [7, 11) is -0.509. The molecule has 100 valence electrons. The van der Waals surface area contributed by atoms with Gasteiger partial charge in [-0.25, -0.2) is 4.98 Å². The first kappa shape index (κ1) is 13.9. The van der Waals surface area contributed by atoms with Crippen molar-refractivity contribution >= 4 is 18.5 Å². The van der Waals surface area contributed by atoms with Gasteiger partial charge in [-0.05, 0) is 45.4 Å². The smallest absolute Gasteiger partial charge is 0.398 e. The Morgan fingerprint density at radius 2 is 1.84 bits per heavy atom. The van der Waals surface area contributed by atoms with Gasteiger partial charge < -0.3 is 15.0 Å². The molecule has 19 heavy (non-hydrogen) atoms. The van der Waals surface area contributed by atoms with E-state index in [1.165, 1.54) is 0 Å². The van der Waals surface area contributed by atoms with Gasteiger partial charge in [0.2, 0.25) is 0 Å². The van der Waals surface area contributed by atoms with Gasteiger partial charge in [-0.2, -0.15) is 0 Å².